The van der Waals surface area contributed by atoms with Crippen molar-refractivity contribution in [3.8, 4) is 11.3 Å². The number of allylic oxidation sites excluding steroid dienone is 3. The summed E-state index contributed by atoms with van der Waals surface area (Å²) in [5.74, 6) is 0.383. The summed E-state index contributed by atoms with van der Waals surface area (Å²) in [6.07, 6.45) is 7.34. The van der Waals surface area contributed by atoms with Gasteiger partial charge in [-0.05, 0) is 64.6 Å². The Morgan fingerprint density at radius 3 is 2.11 bits per heavy atom. The van der Waals surface area contributed by atoms with E-state index in [1.165, 1.54) is 32.8 Å². The van der Waals surface area contributed by atoms with Crippen molar-refractivity contribution in [3.63, 3.8) is 0 Å². The number of benzene rings is 4. The van der Waals surface area contributed by atoms with Gasteiger partial charge in [-0.15, -0.1) is 6.58 Å². The first-order chi connectivity index (χ1) is 18.7. The Labute approximate surface area is 226 Å². The van der Waals surface area contributed by atoms with Crippen molar-refractivity contribution in [2.24, 2.45) is 5.92 Å². The summed E-state index contributed by atoms with van der Waals surface area (Å²) in [6, 6.07) is 36.5. The van der Waals surface area contributed by atoms with Gasteiger partial charge in [0.15, 0.2) is 0 Å². The van der Waals surface area contributed by atoms with E-state index in [-0.39, 0.29) is 6.04 Å². The third-order valence-electron chi connectivity index (χ3n) is 7.36. The molecular formula is C36H36N2. The molecule has 0 spiro atoms. The largest absolute Gasteiger partial charge is 0.376 e. The van der Waals surface area contributed by atoms with Crippen molar-refractivity contribution >= 4 is 21.5 Å². The maximum Gasteiger partial charge on any atom is 0.0950 e. The van der Waals surface area contributed by atoms with E-state index in [1.54, 1.807) is 0 Å². The molecule has 0 aliphatic heterocycles. The fourth-order valence-electron chi connectivity index (χ4n) is 5.48. The molecule has 0 bridgehead atoms. The molecule has 1 N–H and O–H groups in total. The van der Waals surface area contributed by atoms with Crippen LogP contribution in [0, 0.1) is 5.92 Å². The van der Waals surface area contributed by atoms with E-state index in [4.69, 9.17) is 4.98 Å². The zero-order valence-electron chi connectivity index (χ0n) is 22.4. The summed E-state index contributed by atoms with van der Waals surface area (Å²) < 4.78 is 0. The quantitative estimate of drug-likeness (QED) is 0.154. The maximum atomic E-state index is 5.27. The predicted molar refractivity (Wildman–Crippen MR) is 163 cm³/mol. The first-order valence-electron chi connectivity index (χ1n) is 13.7. The van der Waals surface area contributed by atoms with Crippen molar-refractivity contribution in [1.82, 2.24) is 10.3 Å². The molecular weight excluding hydrogens is 460 g/mol. The van der Waals surface area contributed by atoms with Crippen LogP contribution in [0.4, 0.5) is 0 Å². The molecule has 2 unspecified atom stereocenters. The molecule has 5 rings (SSSR count). The van der Waals surface area contributed by atoms with Gasteiger partial charge in [-0.3, -0.25) is 4.98 Å². The first-order valence-corrected chi connectivity index (χ1v) is 13.7. The van der Waals surface area contributed by atoms with E-state index >= 15 is 0 Å². The Hall–Kier alpha value is -4.17. The average molecular weight is 497 g/mol. The molecule has 0 amide bonds. The Bertz CT molecular complexity index is 1510. The Balaban J connectivity index is 1.76. The third kappa shape index (κ3) is 5.26. The Morgan fingerprint density at radius 2 is 1.47 bits per heavy atom. The number of nitrogens with one attached hydrogen (secondary N) is 1. The molecule has 4 aromatic carbocycles. The van der Waals surface area contributed by atoms with Gasteiger partial charge < -0.3 is 5.32 Å². The number of aromatic nitrogens is 1. The van der Waals surface area contributed by atoms with E-state index in [0.29, 0.717) is 5.92 Å². The van der Waals surface area contributed by atoms with Crippen LogP contribution < -0.4 is 5.32 Å². The van der Waals surface area contributed by atoms with Crippen LogP contribution in [-0.2, 0) is 0 Å². The van der Waals surface area contributed by atoms with E-state index in [1.807, 2.05) is 12.1 Å². The Morgan fingerprint density at radius 1 is 0.816 bits per heavy atom. The van der Waals surface area contributed by atoms with Crippen molar-refractivity contribution in [1.29, 1.82) is 0 Å². The average Bonchev–Trinajstić information content (AvgIpc) is 2.97. The molecule has 38 heavy (non-hydrogen) atoms. The normalized spacial score (nSPS) is 13.4. The molecule has 2 heteroatoms. The van der Waals surface area contributed by atoms with Crippen LogP contribution in [0.2, 0.25) is 0 Å². The highest BCUT2D eigenvalue weighted by Gasteiger charge is 2.24. The first kappa shape index (κ1) is 25.5. The number of hydrogen-bond donors (Lipinski definition) is 1. The molecule has 2 atom stereocenters. The van der Waals surface area contributed by atoms with Gasteiger partial charge in [-0.1, -0.05) is 111 Å². The summed E-state index contributed by atoms with van der Waals surface area (Å²) in [6.45, 7) is 8.51. The minimum absolute atomic E-state index is 0.119. The molecule has 0 radical (unpaired) electrons. The number of hydrogen-bond acceptors (Lipinski definition) is 2. The lowest BCUT2D eigenvalue weighted by Gasteiger charge is -2.29. The molecule has 0 saturated carbocycles. The molecule has 5 aromatic rings. The van der Waals surface area contributed by atoms with Crippen LogP contribution in [0.25, 0.3) is 32.8 Å². The minimum atomic E-state index is -0.119. The zero-order valence-corrected chi connectivity index (χ0v) is 22.4. The van der Waals surface area contributed by atoms with Gasteiger partial charge in [0.1, 0.15) is 0 Å². The molecule has 0 aliphatic carbocycles. The number of fused-ring (bicyclic) bond motifs is 2. The second-order valence-electron chi connectivity index (χ2n) is 9.82. The fraction of sp³-hybridized carbons (Fsp3) is 0.194. The predicted octanol–water partition coefficient (Wildman–Crippen LogP) is 9.63. The highest BCUT2D eigenvalue weighted by molar-refractivity contribution is 6.03. The maximum absolute atomic E-state index is 5.27. The zero-order chi connectivity index (χ0) is 26.3. The molecule has 190 valence electrons. The van der Waals surface area contributed by atoms with Crippen molar-refractivity contribution in [2.75, 3.05) is 0 Å². The molecule has 1 heterocycles. The van der Waals surface area contributed by atoms with E-state index < -0.39 is 0 Å². The topological polar surface area (TPSA) is 24.9 Å². The van der Waals surface area contributed by atoms with Crippen LogP contribution >= 0.6 is 0 Å². The number of nitrogens with zero attached hydrogens (tertiary/aromatic N) is 1. The van der Waals surface area contributed by atoms with Crippen molar-refractivity contribution < 1.29 is 0 Å². The number of rotatable bonds is 10. The van der Waals surface area contributed by atoms with E-state index in [0.717, 1.165) is 36.2 Å². The molecule has 0 saturated heterocycles. The Kier molecular flexibility index (Phi) is 7.99. The van der Waals surface area contributed by atoms with Crippen molar-refractivity contribution in [3.05, 3.63) is 139 Å². The standard InChI is InChI=1S/C36H36N2/c1-4-15-26(6-3)32(16-5-2)38-36(34-24-14-23-33(37-34)27-17-8-7-9-18-27)35-30-21-12-10-19-28(30)25-29-20-11-13-22-31(29)35/h4,7-14,16-26,36,38H,1,5-6,15H2,2-3H3. The van der Waals surface area contributed by atoms with Gasteiger partial charge in [0.25, 0.3) is 0 Å². The summed E-state index contributed by atoms with van der Waals surface area (Å²) in [5, 5.41) is 9.03. The monoisotopic (exact) mass is 496 g/mol. The van der Waals surface area contributed by atoms with E-state index in [9.17, 15) is 0 Å². The van der Waals surface area contributed by atoms with Gasteiger partial charge in [0.05, 0.1) is 17.4 Å². The summed E-state index contributed by atoms with van der Waals surface area (Å²) in [7, 11) is 0. The van der Waals surface area contributed by atoms with Crippen molar-refractivity contribution in [2.45, 2.75) is 39.2 Å². The molecule has 0 fully saturated rings. The molecule has 1 aromatic heterocycles. The SMILES string of the molecule is C=CCC(CC)C(=CCC)NC(c1cccc(-c2ccccc2)n1)c1c2ccccc2cc2ccccc12. The van der Waals surface area contributed by atoms with E-state index in [2.05, 4.69) is 129 Å². The highest BCUT2D eigenvalue weighted by Crippen LogP contribution is 2.37. The molecule has 2 nitrogen and oxygen atoms in total. The van der Waals surface area contributed by atoms with Gasteiger partial charge in [0, 0.05) is 17.2 Å². The smallest absolute Gasteiger partial charge is 0.0950 e. The third-order valence-corrected chi connectivity index (χ3v) is 7.36. The summed E-state index contributed by atoms with van der Waals surface area (Å²) in [4.78, 5) is 5.27. The second kappa shape index (κ2) is 11.9. The van der Waals surface area contributed by atoms with Gasteiger partial charge in [0.2, 0.25) is 0 Å². The summed E-state index contributed by atoms with van der Waals surface area (Å²) >= 11 is 0. The second-order valence-corrected chi connectivity index (χ2v) is 9.82. The van der Waals surface area contributed by atoms with Crippen LogP contribution in [0.1, 0.15) is 50.4 Å². The lowest BCUT2D eigenvalue weighted by atomic mass is 9.89. The van der Waals surface area contributed by atoms with Gasteiger partial charge in [-0.25, -0.2) is 0 Å². The lowest BCUT2D eigenvalue weighted by Crippen LogP contribution is -2.27. The molecule has 0 aliphatic rings. The van der Waals surface area contributed by atoms with Gasteiger partial charge >= 0.3 is 0 Å². The van der Waals surface area contributed by atoms with Crippen LogP contribution in [-0.4, -0.2) is 4.98 Å². The fourth-order valence-corrected chi connectivity index (χ4v) is 5.48. The van der Waals surface area contributed by atoms with Crippen LogP contribution in [0.5, 0.6) is 0 Å². The van der Waals surface area contributed by atoms with Crippen LogP contribution in [0.15, 0.2) is 128 Å². The highest BCUT2D eigenvalue weighted by atomic mass is 15.0. The number of pyridine rings is 1. The lowest BCUT2D eigenvalue weighted by molar-refractivity contribution is 0.519. The summed E-state index contributed by atoms with van der Waals surface area (Å²) in [5.41, 5.74) is 5.66. The van der Waals surface area contributed by atoms with Gasteiger partial charge in [-0.2, -0.15) is 0 Å². The van der Waals surface area contributed by atoms with Crippen LogP contribution in [0.3, 0.4) is 0 Å². The minimum Gasteiger partial charge on any atom is -0.376 e.